The van der Waals surface area contributed by atoms with E-state index in [0.717, 1.165) is 0 Å². The summed E-state index contributed by atoms with van der Waals surface area (Å²) in [7, 11) is 0. The quantitative estimate of drug-likeness (QED) is 0.630. The fourth-order valence-electron chi connectivity index (χ4n) is 2.36. The molecule has 0 aliphatic heterocycles. The van der Waals surface area contributed by atoms with Gasteiger partial charge in [0, 0.05) is 5.39 Å². The maximum atomic E-state index is 11.3. The second-order valence-corrected chi connectivity index (χ2v) is 5.06. The SMILES string of the molecule is CCC(CC)(CO)Nc1c([N+](=O)[O-])cnc2ccccc12. The minimum Gasteiger partial charge on any atom is -0.394 e. The molecule has 6 nitrogen and oxygen atoms in total. The number of rotatable bonds is 6. The van der Waals surface area contributed by atoms with Crippen molar-refractivity contribution in [1.82, 2.24) is 4.98 Å². The van der Waals surface area contributed by atoms with Crippen LogP contribution in [-0.4, -0.2) is 27.2 Å². The third kappa shape index (κ3) is 2.80. The first-order valence-corrected chi connectivity index (χ1v) is 6.98. The number of aliphatic hydroxyl groups is 1. The second-order valence-electron chi connectivity index (χ2n) is 5.06. The largest absolute Gasteiger partial charge is 0.394 e. The van der Waals surface area contributed by atoms with Gasteiger partial charge >= 0.3 is 5.69 Å². The Morgan fingerprint density at radius 3 is 2.57 bits per heavy atom. The van der Waals surface area contributed by atoms with Crippen molar-refractivity contribution in [3.63, 3.8) is 0 Å². The van der Waals surface area contributed by atoms with Crippen molar-refractivity contribution in [2.75, 3.05) is 11.9 Å². The Morgan fingerprint density at radius 2 is 2.00 bits per heavy atom. The van der Waals surface area contributed by atoms with Crippen LogP contribution in [0.4, 0.5) is 11.4 Å². The van der Waals surface area contributed by atoms with Gasteiger partial charge in [0.15, 0.2) is 0 Å². The molecule has 0 saturated carbocycles. The molecule has 2 N–H and O–H groups in total. The fraction of sp³-hybridized carbons (Fsp3) is 0.400. The Kier molecular flexibility index (Phi) is 4.37. The summed E-state index contributed by atoms with van der Waals surface area (Å²) in [6.45, 7) is 3.80. The molecule has 1 heterocycles. The van der Waals surface area contributed by atoms with E-state index in [1.54, 1.807) is 6.07 Å². The number of para-hydroxylation sites is 1. The molecule has 0 saturated heterocycles. The number of nitrogens with one attached hydrogen (secondary N) is 1. The molecular formula is C15H19N3O3. The Bertz CT molecular complexity index is 645. The summed E-state index contributed by atoms with van der Waals surface area (Å²) >= 11 is 0. The van der Waals surface area contributed by atoms with Crippen LogP contribution >= 0.6 is 0 Å². The van der Waals surface area contributed by atoms with Gasteiger partial charge in [-0.2, -0.15) is 0 Å². The van der Waals surface area contributed by atoms with Gasteiger partial charge < -0.3 is 10.4 Å². The van der Waals surface area contributed by atoms with Gasteiger partial charge in [-0.3, -0.25) is 10.1 Å². The van der Waals surface area contributed by atoms with Crippen LogP contribution in [0.3, 0.4) is 0 Å². The average molecular weight is 289 g/mol. The number of anilines is 1. The topological polar surface area (TPSA) is 88.3 Å². The third-order valence-electron chi connectivity index (χ3n) is 4.00. The van der Waals surface area contributed by atoms with Crippen LogP contribution in [0.2, 0.25) is 0 Å². The van der Waals surface area contributed by atoms with Crippen LogP contribution in [0.5, 0.6) is 0 Å². The van der Waals surface area contributed by atoms with Gasteiger partial charge in [0.1, 0.15) is 11.9 Å². The van der Waals surface area contributed by atoms with Crippen LogP contribution in [-0.2, 0) is 0 Å². The number of aliphatic hydroxyl groups excluding tert-OH is 1. The molecule has 112 valence electrons. The molecule has 0 amide bonds. The predicted molar refractivity (Wildman–Crippen MR) is 82.4 cm³/mol. The fourth-order valence-corrected chi connectivity index (χ4v) is 2.36. The monoisotopic (exact) mass is 289 g/mol. The standard InChI is InChI=1S/C15H19N3O3/c1-3-15(4-2,10-19)17-14-11-7-5-6-8-12(11)16-9-13(14)18(20)21/h5-9,19H,3-4,10H2,1-2H3,(H,16,17). The summed E-state index contributed by atoms with van der Waals surface area (Å²) in [4.78, 5) is 15.0. The van der Waals surface area contributed by atoms with Gasteiger partial charge in [-0.15, -0.1) is 0 Å². The van der Waals surface area contributed by atoms with Crippen LogP contribution in [0, 0.1) is 10.1 Å². The number of hydrogen-bond acceptors (Lipinski definition) is 5. The molecule has 0 spiro atoms. The first-order chi connectivity index (χ1) is 10.1. The molecule has 0 atom stereocenters. The summed E-state index contributed by atoms with van der Waals surface area (Å²) in [6, 6.07) is 7.26. The number of fused-ring (bicyclic) bond motifs is 1. The zero-order valence-corrected chi connectivity index (χ0v) is 12.2. The van der Waals surface area contributed by atoms with Gasteiger partial charge in [0.25, 0.3) is 0 Å². The van der Waals surface area contributed by atoms with E-state index in [0.29, 0.717) is 29.4 Å². The lowest BCUT2D eigenvalue weighted by molar-refractivity contribution is -0.384. The van der Waals surface area contributed by atoms with E-state index in [1.807, 2.05) is 32.0 Å². The average Bonchev–Trinajstić information content (AvgIpc) is 2.52. The van der Waals surface area contributed by atoms with E-state index < -0.39 is 10.5 Å². The highest BCUT2D eigenvalue weighted by atomic mass is 16.6. The Hall–Kier alpha value is -2.21. The molecule has 0 radical (unpaired) electrons. The summed E-state index contributed by atoms with van der Waals surface area (Å²) in [6.07, 6.45) is 2.58. The molecular weight excluding hydrogens is 270 g/mol. The van der Waals surface area contributed by atoms with Gasteiger partial charge in [-0.05, 0) is 18.9 Å². The molecule has 0 bridgehead atoms. The number of benzene rings is 1. The van der Waals surface area contributed by atoms with E-state index in [9.17, 15) is 15.2 Å². The highest BCUT2D eigenvalue weighted by Gasteiger charge is 2.29. The van der Waals surface area contributed by atoms with E-state index in [2.05, 4.69) is 10.3 Å². The normalized spacial score (nSPS) is 11.6. The molecule has 1 aromatic carbocycles. The first kappa shape index (κ1) is 15.2. The van der Waals surface area contributed by atoms with Gasteiger partial charge in [0.05, 0.1) is 22.6 Å². The second kappa shape index (κ2) is 6.05. The molecule has 0 unspecified atom stereocenters. The predicted octanol–water partition coefficient (Wildman–Crippen LogP) is 3.11. The summed E-state index contributed by atoms with van der Waals surface area (Å²) in [5.74, 6) is 0. The zero-order valence-electron chi connectivity index (χ0n) is 12.2. The van der Waals surface area contributed by atoms with Crippen molar-refractivity contribution in [1.29, 1.82) is 0 Å². The van der Waals surface area contributed by atoms with Gasteiger partial charge in [0.2, 0.25) is 0 Å². The zero-order chi connectivity index (χ0) is 15.5. The summed E-state index contributed by atoms with van der Waals surface area (Å²) in [5.41, 5.74) is 0.455. The maximum Gasteiger partial charge on any atom is 0.311 e. The first-order valence-electron chi connectivity index (χ1n) is 6.98. The molecule has 6 heteroatoms. The lowest BCUT2D eigenvalue weighted by Crippen LogP contribution is -2.41. The highest BCUT2D eigenvalue weighted by Crippen LogP contribution is 2.35. The van der Waals surface area contributed by atoms with Gasteiger partial charge in [-0.1, -0.05) is 32.0 Å². The molecule has 0 aliphatic rings. The molecule has 2 aromatic rings. The molecule has 1 aromatic heterocycles. The van der Waals surface area contributed by atoms with E-state index >= 15 is 0 Å². The molecule has 0 fully saturated rings. The number of hydrogen-bond donors (Lipinski definition) is 2. The van der Waals surface area contributed by atoms with E-state index in [1.165, 1.54) is 6.20 Å². The number of aromatic nitrogens is 1. The van der Waals surface area contributed by atoms with Crippen molar-refractivity contribution < 1.29 is 10.0 Å². The molecule has 2 rings (SSSR count). The Morgan fingerprint density at radius 1 is 1.33 bits per heavy atom. The van der Waals surface area contributed by atoms with Crippen LogP contribution in [0.15, 0.2) is 30.5 Å². The van der Waals surface area contributed by atoms with Crippen molar-refractivity contribution >= 4 is 22.3 Å². The minimum absolute atomic E-state index is 0.0755. The number of nitro groups is 1. The van der Waals surface area contributed by atoms with Crippen LogP contribution < -0.4 is 5.32 Å². The Labute approximate surface area is 123 Å². The Balaban J connectivity index is 2.64. The molecule has 0 aliphatic carbocycles. The smallest absolute Gasteiger partial charge is 0.311 e. The van der Waals surface area contributed by atoms with Crippen molar-refractivity contribution in [2.24, 2.45) is 0 Å². The lowest BCUT2D eigenvalue weighted by Gasteiger charge is -2.32. The summed E-state index contributed by atoms with van der Waals surface area (Å²) < 4.78 is 0. The minimum atomic E-state index is -0.575. The lowest BCUT2D eigenvalue weighted by atomic mass is 9.93. The van der Waals surface area contributed by atoms with Crippen molar-refractivity contribution in [2.45, 2.75) is 32.2 Å². The highest BCUT2D eigenvalue weighted by molar-refractivity contribution is 5.95. The van der Waals surface area contributed by atoms with E-state index in [4.69, 9.17) is 0 Å². The van der Waals surface area contributed by atoms with Crippen LogP contribution in [0.25, 0.3) is 10.9 Å². The van der Waals surface area contributed by atoms with Crippen molar-refractivity contribution in [3.8, 4) is 0 Å². The summed E-state index contributed by atoms with van der Waals surface area (Å²) in [5, 5.41) is 24.9. The number of nitrogens with zero attached hydrogens (tertiary/aromatic N) is 2. The van der Waals surface area contributed by atoms with Gasteiger partial charge in [-0.25, -0.2) is 4.98 Å². The third-order valence-corrected chi connectivity index (χ3v) is 4.00. The molecule has 21 heavy (non-hydrogen) atoms. The van der Waals surface area contributed by atoms with Crippen LogP contribution in [0.1, 0.15) is 26.7 Å². The maximum absolute atomic E-state index is 11.3. The van der Waals surface area contributed by atoms with E-state index in [-0.39, 0.29) is 12.3 Å². The number of pyridine rings is 1. The van der Waals surface area contributed by atoms with Crippen molar-refractivity contribution in [3.05, 3.63) is 40.6 Å².